The molecule has 0 fully saturated rings. The van der Waals surface area contributed by atoms with Crippen molar-refractivity contribution in [2.45, 2.75) is 11.8 Å². The van der Waals surface area contributed by atoms with Gasteiger partial charge in [-0.05, 0) is 42.8 Å². The van der Waals surface area contributed by atoms with Crippen molar-refractivity contribution in [2.24, 2.45) is 0 Å². The molecule has 0 saturated carbocycles. The fraction of sp³-hybridized carbons (Fsp3) is 0.0952. The predicted molar refractivity (Wildman–Crippen MR) is 119 cm³/mol. The van der Waals surface area contributed by atoms with Crippen molar-refractivity contribution in [3.05, 3.63) is 93.5 Å². The molecule has 1 N–H and O–H groups in total. The van der Waals surface area contributed by atoms with Gasteiger partial charge in [-0.3, -0.25) is 19.2 Å². The van der Waals surface area contributed by atoms with Crippen molar-refractivity contribution in [1.29, 1.82) is 0 Å². The largest absolute Gasteiger partial charge is 0.324 e. The van der Waals surface area contributed by atoms with Gasteiger partial charge in [-0.2, -0.15) is 0 Å². The third-order valence-electron chi connectivity index (χ3n) is 4.40. The number of nitrogens with one attached hydrogen (secondary N) is 1. The molecule has 0 atom stereocenters. The Bertz CT molecular complexity index is 1230. The minimum atomic E-state index is -4.09. The maximum atomic E-state index is 13.3. The summed E-state index contributed by atoms with van der Waals surface area (Å²) in [6.07, 6.45) is 0. The second-order valence-corrected chi connectivity index (χ2v) is 8.88. The molecule has 1 amide bonds. The number of nitro groups is 1. The number of non-ortho nitro benzene ring substituents is 1. The number of hydrogen-bond acceptors (Lipinski definition) is 5. The Balaban J connectivity index is 1.95. The lowest BCUT2D eigenvalue weighted by Gasteiger charge is -2.24. The van der Waals surface area contributed by atoms with Gasteiger partial charge < -0.3 is 5.32 Å². The number of anilines is 2. The van der Waals surface area contributed by atoms with Crippen LogP contribution in [0, 0.1) is 17.0 Å². The summed E-state index contributed by atoms with van der Waals surface area (Å²) in [6.45, 7) is 1.22. The molecule has 0 aliphatic carbocycles. The van der Waals surface area contributed by atoms with E-state index in [1.807, 2.05) is 0 Å². The second kappa shape index (κ2) is 9.15. The standard InChI is InChI=1S/C21H18ClN3O5S/c1-15-10-11-17(13-20(15)22)24(31(29,30)19-8-3-2-4-9-19)14-21(26)23-16-6-5-7-18(12-16)25(27)28/h2-13H,14H2,1H3,(H,23,26). The molecule has 0 radical (unpaired) electrons. The molecule has 0 aromatic heterocycles. The van der Waals surface area contributed by atoms with Gasteiger partial charge in [0.2, 0.25) is 5.91 Å². The monoisotopic (exact) mass is 459 g/mol. The molecule has 0 aliphatic rings. The summed E-state index contributed by atoms with van der Waals surface area (Å²) in [4.78, 5) is 23.1. The van der Waals surface area contributed by atoms with Crippen LogP contribution in [0.1, 0.15) is 5.56 Å². The topological polar surface area (TPSA) is 110 Å². The van der Waals surface area contributed by atoms with E-state index in [2.05, 4.69) is 5.32 Å². The molecule has 31 heavy (non-hydrogen) atoms. The number of halogens is 1. The SMILES string of the molecule is Cc1ccc(N(CC(=O)Nc2cccc([N+](=O)[O-])c2)S(=O)(=O)c2ccccc2)cc1Cl. The molecule has 10 heteroatoms. The highest BCUT2D eigenvalue weighted by Gasteiger charge is 2.27. The first-order chi connectivity index (χ1) is 14.7. The number of amides is 1. The molecule has 0 bridgehead atoms. The molecule has 8 nitrogen and oxygen atoms in total. The summed E-state index contributed by atoms with van der Waals surface area (Å²) in [5.74, 6) is -0.670. The van der Waals surface area contributed by atoms with Crippen molar-refractivity contribution in [3.8, 4) is 0 Å². The molecule has 3 aromatic carbocycles. The van der Waals surface area contributed by atoms with Crippen molar-refractivity contribution < 1.29 is 18.1 Å². The number of hydrogen-bond donors (Lipinski definition) is 1. The molecule has 3 rings (SSSR count). The van der Waals surface area contributed by atoms with E-state index in [9.17, 15) is 23.3 Å². The lowest BCUT2D eigenvalue weighted by atomic mass is 10.2. The van der Waals surface area contributed by atoms with Gasteiger partial charge >= 0.3 is 0 Å². The van der Waals surface area contributed by atoms with Crippen LogP contribution in [0.3, 0.4) is 0 Å². The fourth-order valence-electron chi connectivity index (χ4n) is 2.80. The van der Waals surface area contributed by atoms with E-state index >= 15 is 0 Å². The number of rotatable bonds is 7. The molecular weight excluding hydrogens is 442 g/mol. The Hall–Kier alpha value is -3.43. The molecular formula is C21H18ClN3O5S. The van der Waals surface area contributed by atoms with E-state index in [-0.39, 0.29) is 22.0 Å². The average Bonchev–Trinajstić information content (AvgIpc) is 2.75. The van der Waals surface area contributed by atoms with Gasteiger partial charge in [-0.25, -0.2) is 8.42 Å². The van der Waals surface area contributed by atoms with Gasteiger partial charge in [0.1, 0.15) is 6.54 Å². The Morgan fingerprint density at radius 1 is 1.06 bits per heavy atom. The van der Waals surface area contributed by atoms with Crippen LogP contribution in [-0.2, 0) is 14.8 Å². The highest BCUT2D eigenvalue weighted by Crippen LogP contribution is 2.28. The smallest absolute Gasteiger partial charge is 0.271 e. The third-order valence-corrected chi connectivity index (χ3v) is 6.60. The Morgan fingerprint density at radius 2 is 1.77 bits per heavy atom. The predicted octanol–water partition coefficient (Wildman–Crippen LogP) is 4.39. The van der Waals surface area contributed by atoms with Crippen LogP contribution in [0.2, 0.25) is 5.02 Å². The second-order valence-electron chi connectivity index (χ2n) is 6.61. The normalized spacial score (nSPS) is 11.0. The first kappa shape index (κ1) is 22.3. The van der Waals surface area contributed by atoms with Crippen LogP contribution in [0.4, 0.5) is 17.1 Å². The highest BCUT2D eigenvalue weighted by atomic mass is 35.5. The van der Waals surface area contributed by atoms with Gasteiger partial charge in [-0.1, -0.05) is 41.9 Å². The maximum Gasteiger partial charge on any atom is 0.271 e. The van der Waals surface area contributed by atoms with E-state index < -0.39 is 27.4 Å². The molecule has 160 valence electrons. The van der Waals surface area contributed by atoms with Crippen molar-refractivity contribution >= 4 is 44.6 Å². The van der Waals surface area contributed by atoms with Crippen LogP contribution in [-0.4, -0.2) is 25.8 Å². The minimum absolute atomic E-state index is 0.00912. The molecule has 3 aromatic rings. The van der Waals surface area contributed by atoms with Gasteiger partial charge in [0, 0.05) is 22.8 Å². The highest BCUT2D eigenvalue weighted by molar-refractivity contribution is 7.92. The molecule has 0 spiro atoms. The van der Waals surface area contributed by atoms with Crippen LogP contribution in [0.15, 0.2) is 77.7 Å². The maximum absolute atomic E-state index is 13.3. The lowest BCUT2D eigenvalue weighted by molar-refractivity contribution is -0.384. The summed E-state index contributed by atoms with van der Waals surface area (Å²) in [7, 11) is -4.09. The number of benzene rings is 3. The number of nitro benzene ring substituents is 1. The van der Waals surface area contributed by atoms with Crippen LogP contribution >= 0.6 is 11.6 Å². The molecule has 0 heterocycles. The van der Waals surface area contributed by atoms with E-state index in [0.29, 0.717) is 5.02 Å². The van der Waals surface area contributed by atoms with E-state index in [0.717, 1.165) is 9.87 Å². The zero-order valence-corrected chi connectivity index (χ0v) is 17.9. The summed E-state index contributed by atoms with van der Waals surface area (Å²) < 4.78 is 27.5. The van der Waals surface area contributed by atoms with Crippen molar-refractivity contribution in [2.75, 3.05) is 16.2 Å². The number of carbonyl (C=O) groups is 1. The van der Waals surface area contributed by atoms with Crippen LogP contribution in [0.5, 0.6) is 0 Å². The van der Waals surface area contributed by atoms with Gasteiger partial charge in [0.05, 0.1) is 15.5 Å². The Labute approximate surface area is 184 Å². The third kappa shape index (κ3) is 5.19. The Kier molecular flexibility index (Phi) is 6.57. The number of sulfonamides is 1. The first-order valence-electron chi connectivity index (χ1n) is 9.07. The number of nitrogens with zero attached hydrogens (tertiary/aromatic N) is 2. The lowest BCUT2D eigenvalue weighted by Crippen LogP contribution is -2.38. The summed E-state index contributed by atoms with van der Waals surface area (Å²) in [5.41, 5.74) is 0.951. The molecule has 0 unspecified atom stereocenters. The van der Waals surface area contributed by atoms with Crippen LogP contribution < -0.4 is 9.62 Å². The van der Waals surface area contributed by atoms with Gasteiger partial charge in [-0.15, -0.1) is 0 Å². The van der Waals surface area contributed by atoms with Crippen molar-refractivity contribution in [1.82, 2.24) is 0 Å². The first-order valence-corrected chi connectivity index (χ1v) is 10.9. The van der Waals surface area contributed by atoms with Gasteiger partial charge in [0.15, 0.2) is 0 Å². The van der Waals surface area contributed by atoms with E-state index in [4.69, 9.17) is 11.6 Å². The quantitative estimate of drug-likeness (QED) is 0.416. The Morgan fingerprint density at radius 3 is 2.42 bits per heavy atom. The average molecular weight is 460 g/mol. The van der Waals surface area contributed by atoms with Gasteiger partial charge in [0.25, 0.3) is 15.7 Å². The fourth-order valence-corrected chi connectivity index (χ4v) is 4.41. The summed E-state index contributed by atoms with van der Waals surface area (Å²) in [6, 6.07) is 17.8. The van der Waals surface area contributed by atoms with E-state index in [1.165, 1.54) is 42.5 Å². The number of aryl methyl sites for hydroxylation is 1. The van der Waals surface area contributed by atoms with E-state index in [1.54, 1.807) is 37.3 Å². The minimum Gasteiger partial charge on any atom is -0.324 e. The van der Waals surface area contributed by atoms with Crippen molar-refractivity contribution in [3.63, 3.8) is 0 Å². The summed E-state index contributed by atoms with van der Waals surface area (Å²) in [5, 5.41) is 13.8. The molecule has 0 aliphatic heterocycles. The zero-order chi connectivity index (χ0) is 22.6. The summed E-state index contributed by atoms with van der Waals surface area (Å²) >= 11 is 6.18. The van der Waals surface area contributed by atoms with Crippen LogP contribution in [0.25, 0.3) is 0 Å². The molecule has 0 saturated heterocycles. The number of carbonyl (C=O) groups excluding carboxylic acids is 1. The zero-order valence-electron chi connectivity index (χ0n) is 16.4.